The molecule has 3 N–H and O–H groups in total. The highest BCUT2D eigenvalue weighted by molar-refractivity contribution is 6.04. The molecule has 1 fully saturated rings. The Morgan fingerprint density at radius 1 is 1.07 bits per heavy atom. The molecule has 1 saturated heterocycles. The number of ether oxygens (including phenoxy) is 3. The van der Waals surface area contributed by atoms with Gasteiger partial charge in [0.25, 0.3) is 17.7 Å². The summed E-state index contributed by atoms with van der Waals surface area (Å²) in [6, 6.07) is 19.1. The Balaban J connectivity index is 1.30. The zero-order chi connectivity index (χ0) is 28.3. The number of hydrogen-bond donors (Lipinski definition) is 3. The number of nitrogens with zero attached hydrogens (tertiary/aromatic N) is 2. The van der Waals surface area contributed by atoms with Gasteiger partial charge in [0.2, 0.25) is 0 Å². The van der Waals surface area contributed by atoms with Gasteiger partial charge in [0, 0.05) is 37.0 Å². The molecule has 0 radical (unpaired) electrons. The van der Waals surface area contributed by atoms with E-state index in [4.69, 9.17) is 14.2 Å². The second-order valence-electron chi connectivity index (χ2n) is 9.97. The smallest absolute Gasteiger partial charge is 0.275 e. The maximum absolute atomic E-state index is 13.6. The Labute approximate surface area is 235 Å². The topological polar surface area (TPSA) is 135 Å². The minimum Gasteiger partial charge on any atom is -0.493 e. The molecule has 4 heterocycles. The third kappa shape index (κ3) is 5.51. The van der Waals surface area contributed by atoms with Crippen LogP contribution in [0.5, 0.6) is 17.2 Å². The highest BCUT2D eigenvalue weighted by Crippen LogP contribution is 2.29. The van der Waals surface area contributed by atoms with Crippen molar-refractivity contribution in [3.63, 3.8) is 0 Å². The van der Waals surface area contributed by atoms with Gasteiger partial charge in [-0.2, -0.15) is 5.10 Å². The van der Waals surface area contributed by atoms with Crippen LogP contribution >= 0.6 is 0 Å². The molecule has 1 aromatic heterocycles. The predicted molar refractivity (Wildman–Crippen MR) is 149 cm³/mol. The number of carbonyl (C=O) groups is 3. The largest absolute Gasteiger partial charge is 0.493 e. The van der Waals surface area contributed by atoms with Crippen molar-refractivity contribution in [3.8, 4) is 17.2 Å². The Morgan fingerprint density at radius 3 is 2.73 bits per heavy atom. The Bertz CT molecular complexity index is 1600. The molecule has 210 valence electrons. The van der Waals surface area contributed by atoms with E-state index in [1.54, 1.807) is 17.0 Å². The van der Waals surface area contributed by atoms with E-state index < -0.39 is 12.1 Å². The predicted octanol–water partition coefficient (Wildman–Crippen LogP) is 2.67. The van der Waals surface area contributed by atoms with Crippen LogP contribution < -0.4 is 24.8 Å². The second-order valence-corrected chi connectivity index (χ2v) is 9.97. The fraction of sp³-hybridized carbons (Fsp3) is 0.267. The number of rotatable bonds is 2. The van der Waals surface area contributed by atoms with Crippen molar-refractivity contribution in [2.45, 2.75) is 25.1 Å². The lowest BCUT2D eigenvalue weighted by molar-refractivity contribution is -0.123. The first-order valence-corrected chi connectivity index (χ1v) is 13.3. The summed E-state index contributed by atoms with van der Waals surface area (Å²) in [5, 5.41) is 13.8. The first kappa shape index (κ1) is 26.2. The van der Waals surface area contributed by atoms with Crippen molar-refractivity contribution < 1.29 is 28.6 Å². The molecule has 41 heavy (non-hydrogen) atoms. The normalized spacial score (nSPS) is 19.3. The van der Waals surface area contributed by atoms with E-state index in [9.17, 15) is 14.4 Å². The van der Waals surface area contributed by atoms with Crippen LogP contribution in [0, 0.1) is 0 Å². The van der Waals surface area contributed by atoms with Gasteiger partial charge in [0.05, 0.1) is 18.7 Å². The van der Waals surface area contributed by atoms with Gasteiger partial charge >= 0.3 is 0 Å². The third-order valence-corrected chi connectivity index (χ3v) is 7.31. The van der Waals surface area contributed by atoms with Crippen LogP contribution in [0.15, 0.2) is 66.7 Å². The van der Waals surface area contributed by atoms with Gasteiger partial charge in [0.15, 0.2) is 23.8 Å². The number of nitrogens with one attached hydrogen (secondary N) is 3. The summed E-state index contributed by atoms with van der Waals surface area (Å²) in [6.45, 7) is 0.741. The van der Waals surface area contributed by atoms with Crippen molar-refractivity contribution >= 4 is 28.6 Å². The van der Waals surface area contributed by atoms with E-state index in [-0.39, 0.29) is 36.6 Å². The van der Waals surface area contributed by atoms with Crippen molar-refractivity contribution in [2.24, 2.45) is 0 Å². The highest BCUT2D eigenvalue weighted by Gasteiger charge is 2.36. The molecule has 2 atom stereocenters. The SMILES string of the molecule is COc1ccc2cc1OCC(=O)NCc1ccc(cc1)O[C@@H]1CCN(C(=O)c3n[nH]c4ccccc34)C[C@@H]1NC2=O. The summed E-state index contributed by atoms with van der Waals surface area (Å²) in [5.74, 6) is 0.375. The quantitative estimate of drug-likeness (QED) is 0.346. The van der Waals surface area contributed by atoms with Crippen LogP contribution in [0.3, 0.4) is 0 Å². The molecular formula is C30H29N5O6. The monoisotopic (exact) mass is 555 g/mol. The van der Waals surface area contributed by atoms with Crippen LogP contribution in [-0.2, 0) is 11.3 Å². The number of carbonyl (C=O) groups excluding carboxylic acids is 3. The fourth-order valence-corrected chi connectivity index (χ4v) is 5.11. The van der Waals surface area contributed by atoms with Gasteiger partial charge in [-0.3, -0.25) is 19.5 Å². The molecule has 4 bridgehead atoms. The number of amides is 3. The molecule has 0 unspecified atom stereocenters. The highest BCUT2D eigenvalue weighted by atomic mass is 16.5. The molecule has 11 heteroatoms. The van der Waals surface area contributed by atoms with Crippen molar-refractivity contribution in [2.75, 3.05) is 26.8 Å². The Hall–Kier alpha value is -5.06. The number of hydrogen-bond acceptors (Lipinski definition) is 7. The molecule has 3 aliphatic heterocycles. The number of piperidine rings is 1. The number of methoxy groups -OCH3 is 1. The van der Waals surface area contributed by atoms with E-state index >= 15 is 0 Å². The Morgan fingerprint density at radius 2 is 1.90 bits per heavy atom. The average Bonchev–Trinajstić information content (AvgIpc) is 3.44. The lowest BCUT2D eigenvalue weighted by Gasteiger charge is -2.38. The molecule has 7 rings (SSSR count). The van der Waals surface area contributed by atoms with Gasteiger partial charge in [-0.25, -0.2) is 0 Å². The maximum Gasteiger partial charge on any atom is 0.275 e. The van der Waals surface area contributed by atoms with Crippen molar-refractivity contribution in [1.29, 1.82) is 0 Å². The molecule has 4 aromatic rings. The minimum atomic E-state index is -0.518. The second kappa shape index (κ2) is 11.2. The first-order valence-electron chi connectivity index (χ1n) is 13.3. The molecule has 0 saturated carbocycles. The molecule has 11 nitrogen and oxygen atoms in total. The van der Waals surface area contributed by atoms with E-state index in [2.05, 4.69) is 20.8 Å². The zero-order valence-corrected chi connectivity index (χ0v) is 22.4. The molecule has 0 spiro atoms. The van der Waals surface area contributed by atoms with Crippen LogP contribution in [0.1, 0.15) is 32.8 Å². The number of aromatic nitrogens is 2. The standard InChI is InChI=1S/C30H29N5O6/c1-39-25-11-8-19-14-26(25)40-17-27(36)31-15-18-6-9-20(10-7-18)41-24-12-13-35(16-23(24)32-29(19)37)30(38)28-21-4-2-3-5-22(21)33-34-28/h2-11,14,23-24H,12-13,15-17H2,1H3,(H,31,36)(H,32,37)(H,33,34)/t23-,24+/m0/s1. The first-order chi connectivity index (χ1) is 20.0. The van der Waals surface area contributed by atoms with Gasteiger partial charge < -0.3 is 29.7 Å². The summed E-state index contributed by atoms with van der Waals surface area (Å²) in [4.78, 5) is 41.1. The van der Waals surface area contributed by atoms with Gasteiger partial charge in [-0.1, -0.05) is 30.3 Å². The van der Waals surface area contributed by atoms with Gasteiger partial charge in [0.1, 0.15) is 11.9 Å². The lowest BCUT2D eigenvalue weighted by atomic mass is 10.00. The van der Waals surface area contributed by atoms with E-state index in [1.165, 1.54) is 13.2 Å². The number of likely N-dealkylation sites (tertiary alicyclic amines) is 1. The van der Waals surface area contributed by atoms with E-state index in [1.807, 2.05) is 48.5 Å². The third-order valence-electron chi connectivity index (χ3n) is 7.31. The van der Waals surface area contributed by atoms with Gasteiger partial charge in [-0.05, 0) is 42.0 Å². The van der Waals surface area contributed by atoms with Crippen LogP contribution in [0.2, 0.25) is 0 Å². The molecule has 3 aromatic carbocycles. The van der Waals surface area contributed by atoms with Crippen LogP contribution in [0.4, 0.5) is 0 Å². The van der Waals surface area contributed by atoms with Crippen LogP contribution in [-0.4, -0.2) is 71.8 Å². The maximum atomic E-state index is 13.6. The number of H-pyrrole nitrogens is 1. The summed E-state index contributed by atoms with van der Waals surface area (Å²) < 4.78 is 17.4. The fourth-order valence-electron chi connectivity index (χ4n) is 5.11. The summed E-state index contributed by atoms with van der Waals surface area (Å²) in [7, 11) is 1.49. The van der Waals surface area contributed by atoms with E-state index in [0.29, 0.717) is 42.3 Å². The average molecular weight is 556 g/mol. The van der Waals surface area contributed by atoms with Crippen molar-refractivity contribution in [1.82, 2.24) is 25.7 Å². The summed E-state index contributed by atoms with van der Waals surface area (Å²) in [6.07, 6.45) is 0.0996. The molecular weight excluding hydrogens is 526 g/mol. The lowest BCUT2D eigenvalue weighted by Crippen LogP contribution is -2.58. The Kier molecular flexibility index (Phi) is 7.15. The summed E-state index contributed by atoms with van der Waals surface area (Å²) >= 11 is 0. The minimum absolute atomic E-state index is 0.222. The number of benzene rings is 3. The molecule has 3 aliphatic rings. The van der Waals surface area contributed by atoms with Gasteiger partial charge in [-0.15, -0.1) is 0 Å². The zero-order valence-electron chi connectivity index (χ0n) is 22.4. The molecule has 3 amide bonds. The molecule has 0 aliphatic carbocycles. The summed E-state index contributed by atoms with van der Waals surface area (Å²) in [5.41, 5.74) is 2.33. The number of fused-ring (bicyclic) bond motifs is 8. The van der Waals surface area contributed by atoms with Crippen LogP contribution in [0.25, 0.3) is 10.9 Å². The number of para-hydroxylation sites is 1. The number of aromatic amines is 1. The van der Waals surface area contributed by atoms with E-state index in [0.717, 1.165) is 16.5 Å². The van der Waals surface area contributed by atoms with Crippen molar-refractivity contribution in [3.05, 3.63) is 83.6 Å².